The molecule has 16 heavy (non-hydrogen) atoms. The second-order valence-electron chi connectivity index (χ2n) is 2.85. The van der Waals surface area contributed by atoms with Crippen molar-refractivity contribution in [1.29, 1.82) is 0 Å². The third-order valence-corrected chi connectivity index (χ3v) is 1.79. The monoisotopic (exact) mass is 217 g/mol. The van der Waals surface area contributed by atoms with Crippen LogP contribution in [0.1, 0.15) is 0 Å². The highest BCUT2D eigenvalue weighted by atomic mass is 16.5. The molecule has 0 saturated heterocycles. The number of aromatic nitrogens is 2. The predicted octanol–water partition coefficient (Wildman–Crippen LogP) is 0.981. The Balaban J connectivity index is 2.31. The van der Waals surface area contributed by atoms with Gasteiger partial charge in [0.2, 0.25) is 5.82 Å². The van der Waals surface area contributed by atoms with E-state index < -0.39 is 0 Å². The lowest BCUT2D eigenvalue weighted by Gasteiger charge is -1.99. The molecule has 0 saturated carbocycles. The van der Waals surface area contributed by atoms with Crippen LogP contribution in [0.3, 0.4) is 0 Å². The normalized spacial score (nSPS) is 9.50. The molecular weight excluding hydrogens is 210 g/mol. The summed E-state index contributed by atoms with van der Waals surface area (Å²) < 4.78 is 4.65. The Hall–Kier alpha value is -2.66. The van der Waals surface area contributed by atoms with Gasteiger partial charge in [-0.15, -0.1) is 0 Å². The number of isocyanates is 1. The maximum Gasteiger partial charge on any atom is 0.319 e. The third-order valence-electron chi connectivity index (χ3n) is 1.79. The summed E-state index contributed by atoms with van der Waals surface area (Å²) in [6, 6.07) is 6.96. The van der Waals surface area contributed by atoms with Crippen molar-refractivity contribution in [3.05, 3.63) is 24.3 Å². The van der Waals surface area contributed by atoms with Crippen molar-refractivity contribution >= 4 is 17.8 Å². The smallest absolute Gasteiger partial charge is 0.319 e. The number of hydrogen-bond donors (Lipinski definition) is 2. The van der Waals surface area contributed by atoms with Gasteiger partial charge in [0.15, 0.2) is 0 Å². The highest BCUT2D eigenvalue weighted by Gasteiger charge is 2.06. The molecule has 1 aromatic carbocycles. The summed E-state index contributed by atoms with van der Waals surface area (Å²) >= 11 is 0. The average Bonchev–Trinajstić information content (AvgIpc) is 2.74. The Morgan fingerprint density at radius 1 is 1.50 bits per heavy atom. The zero-order valence-corrected chi connectivity index (χ0v) is 8.04. The minimum absolute atomic E-state index is 0.000672. The van der Waals surface area contributed by atoms with Crippen molar-refractivity contribution in [2.24, 2.45) is 5.10 Å². The first-order valence-electron chi connectivity index (χ1n) is 4.32. The molecule has 0 spiro atoms. The van der Waals surface area contributed by atoms with Crippen LogP contribution >= 0.6 is 0 Å². The zero-order valence-electron chi connectivity index (χ0n) is 8.04. The number of anilines is 2. The molecule has 0 amide bonds. The molecule has 0 bridgehead atoms. The number of hydrogen-bond acceptors (Lipinski definition) is 7. The molecule has 2 rings (SSSR count). The number of hydrazone groups is 1. The van der Waals surface area contributed by atoms with Crippen LogP contribution in [0.15, 0.2) is 33.9 Å². The zero-order chi connectivity index (χ0) is 11.4. The molecule has 0 aliphatic carbocycles. The van der Waals surface area contributed by atoms with E-state index in [1.54, 1.807) is 24.3 Å². The van der Waals surface area contributed by atoms with Gasteiger partial charge < -0.3 is 10.3 Å². The molecule has 7 heteroatoms. The van der Waals surface area contributed by atoms with Crippen LogP contribution in [0.4, 0.5) is 11.7 Å². The molecule has 0 aliphatic rings. The van der Waals surface area contributed by atoms with Gasteiger partial charge in [0.25, 0.3) is 6.08 Å². The molecule has 1 heterocycles. The topological polar surface area (TPSA) is 106 Å². The fourth-order valence-corrected chi connectivity index (χ4v) is 1.17. The molecule has 0 unspecified atom stereocenters. The van der Waals surface area contributed by atoms with E-state index in [2.05, 4.69) is 25.2 Å². The largest absolute Gasteiger partial charge is 0.351 e. The lowest BCUT2D eigenvalue weighted by Crippen LogP contribution is -1.89. The van der Waals surface area contributed by atoms with Crippen molar-refractivity contribution in [2.45, 2.75) is 0 Å². The van der Waals surface area contributed by atoms with Crippen molar-refractivity contribution in [3.8, 4) is 11.4 Å². The number of nitrogens with one attached hydrogen (secondary N) is 1. The summed E-state index contributed by atoms with van der Waals surface area (Å²) in [5, 5.41) is 6.90. The van der Waals surface area contributed by atoms with Gasteiger partial charge in [-0.1, -0.05) is 22.4 Å². The Kier molecular flexibility index (Phi) is 2.62. The van der Waals surface area contributed by atoms with Crippen LogP contribution in [-0.2, 0) is 4.79 Å². The van der Waals surface area contributed by atoms with Gasteiger partial charge >= 0.3 is 6.01 Å². The average molecular weight is 217 g/mol. The van der Waals surface area contributed by atoms with E-state index in [9.17, 15) is 4.79 Å². The first kappa shape index (κ1) is 9.88. The van der Waals surface area contributed by atoms with Gasteiger partial charge in [0.05, 0.1) is 5.69 Å². The molecule has 0 atom stereocenters. The van der Waals surface area contributed by atoms with Crippen LogP contribution in [0.5, 0.6) is 0 Å². The number of nitrogens with two attached hydrogens (primary N) is 1. The highest BCUT2D eigenvalue weighted by Crippen LogP contribution is 2.20. The number of carbonyl (C=O) groups excluding carboxylic acids is 1. The maximum absolute atomic E-state index is 9.93. The van der Waals surface area contributed by atoms with E-state index in [0.717, 1.165) is 0 Å². The minimum Gasteiger partial charge on any atom is -0.351 e. The van der Waals surface area contributed by atoms with E-state index in [1.165, 1.54) is 6.08 Å². The first-order chi connectivity index (χ1) is 7.79. The molecule has 0 radical (unpaired) electrons. The molecule has 1 aromatic heterocycles. The first-order valence-corrected chi connectivity index (χ1v) is 4.32. The minimum atomic E-state index is -0.000672. The van der Waals surface area contributed by atoms with Gasteiger partial charge in [0, 0.05) is 5.56 Å². The Bertz CT molecular complexity index is 544. The molecule has 0 fully saturated rings. The van der Waals surface area contributed by atoms with Crippen molar-refractivity contribution in [2.75, 3.05) is 11.2 Å². The van der Waals surface area contributed by atoms with E-state index >= 15 is 0 Å². The second-order valence-corrected chi connectivity index (χ2v) is 2.85. The summed E-state index contributed by atoms with van der Waals surface area (Å²) in [7, 11) is 0. The van der Waals surface area contributed by atoms with Gasteiger partial charge in [-0.25, -0.2) is 4.79 Å². The Labute approximate surface area is 90.0 Å². The lowest BCUT2D eigenvalue weighted by molar-refractivity contribution is 0.437. The number of rotatable bonds is 3. The van der Waals surface area contributed by atoms with Gasteiger partial charge in [-0.05, 0) is 12.1 Å². The van der Waals surface area contributed by atoms with Gasteiger partial charge in [-0.2, -0.15) is 4.98 Å². The second kappa shape index (κ2) is 4.24. The highest BCUT2D eigenvalue weighted by molar-refractivity contribution is 5.62. The summed E-state index contributed by atoms with van der Waals surface area (Å²) in [5.74, 6) is 0.372. The van der Waals surface area contributed by atoms with Crippen LogP contribution in [0, 0.1) is 0 Å². The summed E-state index contributed by atoms with van der Waals surface area (Å²) in [5.41, 5.74) is 9.12. The lowest BCUT2D eigenvalue weighted by atomic mass is 10.2. The molecule has 0 aliphatic heterocycles. The van der Waals surface area contributed by atoms with Crippen LogP contribution in [-0.4, -0.2) is 16.2 Å². The third kappa shape index (κ3) is 2.05. The van der Waals surface area contributed by atoms with Crippen molar-refractivity contribution in [1.82, 2.24) is 10.1 Å². The predicted molar refractivity (Wildman–Crippen MR) is 55.9 cm³/mol. The van der Waals surface area contributed by atoms with E-state index in [0.29, 0.717) is 17.1 Å². The molecule has 80 valence electrons. The maximum atomic E-state index is 9.93. The quantitative estimate of drug-likeness (QED) is 0.451. The molecule has 7 nitrogen and oxygen atoms in total. The fraction of sp³-hybridized carbons (Fsp3) is 0. The molecular formula is C9H7N5O2. The van der Waals surface area contributed by atoms with E-state index in [4.69, 9.17) is 5.73 Å². The van der Waals surface area contributed by atoms with Crippen LogP contribution < -0.4 is 11.2 Å². The summed E-state index contributed by atoms with van der Waals surface area (Å²) in [4.78, 5) is 13.8. The van der Waals surface area contributed by atoms with Gasteiger partial charge in [-0.3, -0.25) is 5.43 Å². The number of benzene rings is 1. The van der Waals surface area contributed by atoms with Crippen LogP contribution in [0.2, 0.25) is 0 Å². The SMILES string of the molecule is Nc1nc(-c2cccc(NN=C=O)c2)no1. The fourth-order valence-electron chi connectivity index (χ4n) is 1.17. The molecule has 3 N–H and O–H groups in total. The standard InChI is InChI=1S/C9H7N5O2/c10-9-12-8(14-16-9)6-2-1-3-7(4-6)13-11-5-15/h1-4,13H,(H2,10,12,14). The number of nitrogen functional groups attached to an aromatic ring is 1. The number of nitrogens with zero attached hydrogens (tertiary/aromatic N) is 3. The van der Waals surface area contributed by atoms with Gasteiger partial charge in [0.1, 0.15) is 0 Å². The van der Waals surface area contributed by atoms with E-state index in [-0.39, 0.29) is 6.01 Å². The Morgan fingerprint density at radius 2 is 2.38 bits per heavy atom. The van der Waals surface area contributed by atoms with Crippen molar-refractivity contribution in [3.63, 3.8) is 0 Å². The summed E-state index contributed by atoms with van der Waals surface area (Å²) in [6.45, 7) is 0. The molecule has 2 aromatic rings. The summed E-state index contributed by atoms with van der Waals surface area (Å²) in [6.07, 6.45) is 1.37. The Morgan fingerprint density at radius 3 is 3.06 bits per heavy atom. The van der Waals surface area contributed by atoms with E-state index in [1.807, 2.05) is 0 Å². The van der Waals surface area contributed by atoms with Crippen LogP contribution in [0.25, 0.3) is 11.4 Å². The van der Waals surface area contributed by atoms with Crippen molar-refractivity contribution < 1.29 is 9.32 Å².